The van der Waals surface area contributed by atoms with Gasteiger partial charge in [-0.15, -0.1) is 0 Å². The molecule has 3 amide bonds. The predicted octanol–water partition coefficient (Wildman–Crippen LogP) is 1.18. The highest BCUT2D eigenvalue weighted by atomic mass is 32.2. The Kier molecular flexibility index (Phi) is 5.02. The first kappa shape index (κ1) is 17.8. The van der Waals surface area contributed by atoms with Crippen molar-refractivity contribution < 1.29 is 9.59 Å². The van der Waals surface area contributed by atoms with E-state index in [1.54, 1.807) is 23.9 Å². The zero-order valence-corrected chi connectivity index (χ0v) is 15.6. The lowest BCUT2D eigenvalue weighted by molar-refractivity contribution is 0.1000. The van der Waals surface area contributed by atoms with E-state index in [4.69, 9.17) is 5.73 Å². The number of carbonyl (C=O) groups is 2. The molecule has 2 fully saturated rings. The summed E-state index contributed by atoms with van der Waals surface area (Å²) in [7, 11) is 0. The van der Waals surface area contributed by atoms with Gasteiger partial charge in [0, 0.05) is 17.2 Å². The summed E-state index contributed by atoms with van der Waals surface area (Å²) in [6, 6.07) is 7.55. The third-order valence-corrected chi connectivity index (χ3v) is 6.18. The number of hydrogen-bond acceptors (Lipinski definition) is 5. The van der Waals surface area contributed by atoms with Crippen molar-refractivity contribution >= 4 is 34.6 Å². The van der Waals surface area contributed by atoms with Gasteiger partial charge in [-0.3, -0.25) is 15.2 Å². The quantitative estimate of drug-likeness (QED) is 0.621. The van der Waals surface area contributed by atoms with Crippen LogP contribution >= 0.6 is 11.8 Å². The maximum atomic E-state index is 11.5. The number of primary amides is 1. The van der Waals surface area contributed by atoms with E-state index in [0.717, 1.165) is 41.5 Å². The summed E-state index contributed by atoms with van der Waals surface area (Å²) in [5.41, 5.74) is 10.9. The van der Waals surface area contributed by atoms with Gasteiger partial charge in [-0.1, -0.05) is 23.9 Å². The van der Waals surface area contributed by atoms with Crippen LogP contribution in [0, 0.1) is 5.92 Å². The van der Waals surface area contributed by atoms with Crippen molar-refractivity contribution in [2.24, 2.45) is 21.7 Å². The van der Waals surface area contributed by atoms with Gasteiger partial charge in [0.1, 0.15) is 0 Å². The summed E-state index contributed by atoms with van der Waals surface area (Å²) in [5, 5.41) is 11.3. The highest BCUT2D eigenvalue weighted by Gasteiger charge is 2.38. The summed E-state index contributed by atoms with van der Waals surface area (Å²) in [6.07, 6.45) is 2.96. The van der Waals surface area contributed by atoms with Crippen molar-refractivity contribution in [3.8, 4) is 0 Å². The average Bonchev–Trinajstić information content (AvgIpc) is 3.06. The number of urea groups is 1. The maximum absolute atomic E-state index is 11.5. The monoisotopic (exact) mass is 386 g/mol. The van der Waals surface area contributed by atoms with Gasteiger partial charge in [0.05, 0.1) is 24.3 Å². The van der Waals surface area contributed by atoms with Gasteiger partial charge in [0.25, 0.3) is 0 Å². The number of benzene rings is 1. The molecule has 1 saturated carbocycles. The second-order valence-electron chi connectivity index (χ2n) is 7.03. The molecule has 1 aromatic rings. The van der Waals surface area contributed by atoms with E-state index in [-0.39, 0.29) is 18.1 Å². The molecule has 27 heavy (non-hydrogen) atoms. The van der Waals surface area contributed by atoms with Gasteiger partial charge in [-0.25, -0.2) is 4.79 Å². The van der Waals surface area contributed by atoms with Crippen LogP contribution in [-0.4, -0.2) is 40.7 Å². The summed E-state index contributed by atoms with van der Waals surface area (Å²) in [4.78, 5) is 27.1. The van der Waals surface area contributed by atoms with Crippen LogP contribution in [0.3, 0.4) is 0 Å². The van der Waals surface area contributed by atoms with Gasteiger partial charge >= 0.3 is 6.03 Å². The number of nitrogens with one attached hydrogen (secondary N) is 3. The van der Waals surface area contributed by atoms with Crippen LogP contribution in [0.5, 0.6) is 0 Å². The van der Waals surface area contributed by atoms with E-state index in [2.05, 4.69) is 26.2 Å². The molecule has 0 spiro atoms. The molecule has 9 heteroatoms. The predicted molar refractivity (Wildman–Crippen MR) is 106 cm³/mol. The lowest BCUT2D eigenvalue weighted by Crippen LogP contribution is -2.43. The summed E-state index contributed by atoms with van der Waals surface area (Å²) in [5.74, 6) is 0.783. The second kappa shape index (κ2) is 7.59. The second-order valence-corrected chi connectivity index (χ2v) is 7.99. The first-order valence-corrected chi connectivity index (χ1v) is 10.0. The Labute approximate surface area is 161 Å². The van der Waals surface area contributed by atoms with Crippen molar-refractivity contribution in [3.05, 3.63) is 35.4 Å². The minimum atomic E-state index is -0.429. The number of carbonyl (C=O) groups excluding carboxylic acids is 2. The van der Waals surface area contributed by atoms with Crippen molar-refractivity contribution in [3.63, 3.8) is 0 Å². The molecule has 0 bridgehead atoms. The van der Waals surface area contributed by atoms with Crippen molar-refractivity contribution in [1.29, 1.82) is 0 Å². The normalized spacial score (nSPS) is 28.6. The highest BCUT2D eigenvalue weighted by Crippen LogP contribution is 2.30. The number of rotatable bonds is 4. The van der Waals surface area contributed by atoms with Crippen molar-refractivity contribution in [2.75, 3.05) is 5.75 Å². The number of fused-ring (bicyclic) bond motifs is 1. The molecule has 3 atom stereocenters. The maximum Gasteiger partial charge on any atom is 0.315 e. The highest BCUT2D eigenvalue weighted by molar-refractivity contribution is 8.14. The van der Waals surface area contributed by atoms with E-state index in [1.807, 2.05) is 12.1 Å². The third kappa shape index (κ3) is 4.08. The van der Waals surface area contributed by atoms with E-state index in [0.29, 0.717) is 18.0 Å². The molecule has 1 aromatic carbocycles. The number of nitrogens with zero attached hydrogens (tertiary/aromatic N) is 2. The molecule has 3 aliphatic rings. The molecule has 2 heterocycles. The van der Waals surface area contributed by atoms with Crippen LogP contribution in [0.4, 0.5) is 4.79 Å². The van der Waals surface area contributed by atoms with Crippen molar-refractivity contribution in [1.82, 2.24) is 16.1 Å². The Balaban J connectivity index is 1.32. The van der Waals surface area contributed by atoms with E-state index >= 15 is 0 Å². The molecule has 0 aromatic heterocycles. The summed E-state index contributed by atoms with van der Waals surface area (Å²) in [6.45, 7) is 0.518. The van der Waals surface area contributed by atoms with Crippen LogP contribution in [0.1, 0.15) is 35.2 Å². The van der Waals surface area contributed by atoms with Gasteiger partial charge in [0.15, 0.2) is 5.17 Å². The summed E-state index contributed by atoms with van der Waals surface area (Å²) >= 11 is 1.65. The van der Waals surface area contributed by atoms with Crippen molar-refractivity contribution in [2.45, 2.75) is 37.9 Å². The van der Waals surface area contributed by atoms with Gasteiger partial charge in [0.2, 0.25) is 5.91 Å². The summed E-state index contributed by atoms with van der Waals surface area (Å²) < 4.78 is 0. The number of aliphatic imine (C=N–C) groups is 1. The molecule has 1 aliphatic carbocycles. The topological polar surface area (TPSA) is 121 Å². The van der Waals surface area contributed by atoms with Gasteiger partial charge < -0.3 is 16.4 Å². The van der Waals surface area contributed by atoms with E-state index in [1.165, 1.54) is 0 Å². The molecule has 3 unspecified atom stereocenters. The first-order chi connectivity index (χ1) is 13.1. The number of hydrazone groups is 1. The molecule has 2 aliphatic heterocycles. The molecular formula is C18H22N6O2S. The lowest BCUT2D eigenvalue weighted by Gasteiger charge is -2.32. The van der Waals surface area contributed by atoms with E-state index in [9.17, 15) is 9.59 Å². The Morgan fingerprint density at radius 2 is 2.00 bits per heavy atom. The fraction of sp³-hybridized carbons (Fsp3) is 0.444. The SMILES string of the molecule is NC(=O)c1ccc(CN=C2NN=C(C3CCC4NC(=O)NC4C3)CS2)cc1. The Morgan fingerprint density at radius 3 is 2.70 bits per heavy atom. The Morgan fingerprint density at radius 1 is 1.22 bits per heavy atom. The zero-order valence-electron chi connectivity index (χ0n) is 14.8. The van der Waals surface area contributed by atoms with E-state index < -0.39 is 5.91 Å². The average molecular weight is 386 g/mol. The third-order valence-electron chi connectivity index (χ3n) is 5.25. The zero-order chi connectivity index (χ0) is 18.8. The Bertz CT molecular complexity index is 807. The molecule has 1 saturated heterocycles. The van der Waals surface area contributed by atoms with Crippen LogP contribution < -0.4 is 21.8 Å². The van der Waals surface area contributed by atoms with Crippen LogP contribution in [0.2, 0.25) is 0 Å². The first-order valence-electron chi connectivity index (χ1n) is 9.04. The lowest BCUT2D eigenvalue weighted by atomic mass is 9.81. The van der Waals surface area contributed by atoms with Gasteiger partial charge in [-0.05, 0) is 37.0 Å². The number of amidine groups is 1. The fourth-order valence-electron chi connectivity index (χ4n) is 3.74. The van der Waals surface area contributed by atoms with Crippen LogP contribution in [0.15, 0.2) is 34.4 Å². The standard InChI is InChI=1S/C18H22N6O2S/c19-16(25)11-3-1-10(2-4-11)8-20-18-24-23-15(9-27-18)12-5-6-13-14(7-12)22-17(26)21-13/h1-4,12-14H,5-9H2,(H2,19,25)(H,20,24)(H2,21,22,26). The minimum absolute atomic E-state index is 0.0537. The molecule has 4 rings (SSSR count). The molecular weight excluding hydrogens is 364 g/mol. The molecule has 5 N–H and O–H groups in total. The fourth-order valence-corrected chi connectivity index (χ4v) is 4.59. The number of amides is 3. The number of nitrogens with two attached hydrogens (primary N) is 1. The van der Waals surface area contributed by atoms with Gasteiger partial charge in [-0.2, -0.15) is 5.10 Å². The number of hydrogen-bond donors (Lipinski definition) is 4. The molecule has 142 valence electrons. The molecule has 8 nitrogen and oxygen atoms in total. The largest absolute Gasteiger partial charge is 0.366 e. The molecule has 0 radical (unpaired) electrons. The minimum Gasteiger partial charge on any atom is -0.366 e. The number of thioether (sulfide) groups is 1. The van der Waals surface area contributed by atoms with Crippen LogP contribution in [-0.2, 0) is 6.54 Å². The van der Waals surface area contributed by atoms with Crippen LogP contribution in [0.25, 0.3) is 0 Å². The Hall–Kier alpha value is -2.55. The smallest absolute Gasteiger partial charge is 0.315 e.